The van der Waals surface area contributed by atoms with E-state index in [1.54, 1.807) is 6.92 Å². The maximum Gasteiger partial charge on any atom is 0.238 e. The molecule has 0 spiro atoms. The third-order valence-corrected chi connectivity index (χ3v) is 3.61. The third-order valence-electron chi connectivity index (χ3n) is 2.70. The van der Waals surface area contributed by atoms with E-state index in [0.29, 0.717) is 6.42 Å². The van der Waals surface area contributed by atoms with Gasteiger partial charge in [-0.05, 0) is 24.6 Å². The highest BCUT2D eigenvalue weighted by molar-refractivity contribution is 7.89. The third kappa shape index (κ3) is 4.29. The molecule has 0 fully saturated rings. The molecule has 0 saturated heterocycles. The molecule has 1 aromatic rings. The summed E-state index contributed by atoms with van der Waals surface area (Å²) in [6.07, 6.45) is 1.55. The summed E-state index contributed by atoms with van der Waals surface area (Å²) in [5, 5.41) is 7.31. The molecule has 0 saturated carbocycles. The molecule has 1 rings (SSSR count). The van der Waals surface area contributed by atoms with Crippen LogP contribution in [0, 0.1) is 11.7 Å². The number of carbonyl (C=O) groups is 1. The largest absolute Gasteiger partial charge is 0.323 e. The van der Waals surface area contributed by atoms with Gasteiger partial charge in [0.15, 0.2) is 0 Å². The second-order valence-electron chi connectivity index (χ2n) is 4.37. The highest BCUT2D eigenvalue weighted by Crippen LogP contribution is 2.19. The minimum Gasteiger partial charge on any atom is -0.323 e. The Morgan fingerprint density at radius 2 is 2.11 bits per heavy atom. The van der Waals surface area contributed by atoms with Crippen LogP contribution < -0.4 is 10.5 Å². The van der Waals surface area contributed by atoms with Crippen molar-refractivity contribution in [3.63, 3.8) is 0 Å². The first kappa shape index (κ1) is 15.6. The average molecular weight is 288 g/mol. The zero-order chi connectivity index (χ0) is 14.6. The van der Waals surface area contributed by atoms with Gasteiger partial charge >= 0.3 is 0 Å². The van der Waals surface area contributed by atoms with E-state index in [1.165, 1.54) is 6.07 Å². The van der Waals surface area contributed by atoms with Gasteiger partial charge in [0.05, 0.1) is 10.6 Å². The molecule has 19 heavy (non-hydrogen) atoms. The molecule has 106 valence electrons. The number of hydrogen-bond donors (Lipinski definition) is 2. The Kier molecular flexibility index (Phi) is 5.02. The van der Waals surface area contributed by atoms with Crippen LogP contribution in [0.2, 0.25) is 0 Å². The molecule has 1 unspecified atom stereocenters. The highest BCUT2D eigenvalue weighted by Gasteiger charge is 2.16. The average Bonchev–Trinajstić information content (AvgIpc) is 2.30. The predicted molar refractivity (Wildman–Crippen MR) is 70.5 cm³/mol. The van der Waals surface area contributed by atoms with Gasteiger partial charge in [0, 0.05) is 5.92 Å². The molecule has 7 heteroatoms. The molecular formula is C12H17FN2O3S. The number of nitrogens with one attached hydrogen (secondary N) is 1. The summed E-state index contributed by atoms with van der Waals surface area (Å²) < 4.78 is 35.7. The van der Waals surface area contributed by atoms with E-state index in [0.717, 1.165) is 18.6 Å². The molecule has 3 N–H and O–H groups in total. The van der Waals surface area contributed by atoms with Crippen LogP contribution in [0.5, 0.6) is 0 Å². The van der Waals surface area contributed by atoms with Crippen molar-refractivity contribution in [3.05, 3.63) is 24.0 Å². The molecule has 0 aromatic heterocycles. The maximum atomic E-state index is 13.7. The summed E-state index contributed by atoms with van der Waals surface area (Å²) in [6, 6.07) is 3.12. The fourth-order valence-electron chi connectivity index (χ4n) is 1.59. The second kappa shape index (κ2) is 6.12. The monoisotopic (exact) mass is 288 g/mol. The summed E-state index contributed by atoms with van der Waals surface area (Å²) in [6.45, 7) is 3.70. The molecule has 0 aliphatic carbocycles. The zero-order valence-corrected chi connectivity index (χ0v) is 11.6. The fourth-order valence-corrected chi connectivity index (χ4v) is 2.12. The Labute approximate surface area is 112 Å². The lowest BCUT2D eigenvalue weighted by molar-refractivity contribution is -0.119. The Balaban J connectivity index is 2.90. The Hall–Kier alpha value is -1.47. The van der Waals surface area contributed by atoms with Gasteiger partial charge in [-0.1, -0.05) is 20.3 Å². The number of primary sulfonamides is 1. The van der Waals surface area contributed by atoms with Crippen LogP contribution in [0.3, 0.4) is 0 Å². The molecule has 0 aliphatic rings. The van der Waals surface area contributed by atoms with Crippen LogP contribution in [-0.4, -0.2) is 14.3 Å². The molecule has 0 aliphatic heterocycles. The van der Waals surface area contributed by atoms with Crippen molar-refractivity contribution < 1.29 is 17.6 Å². The van der Waals surface area contributed by atoms with Crippen molar-refractivity contribution in [1.82, 2.24) is 0 Å². The standard InChI is InChI=1S/C12H17FN2O3S/c1-3-4-8(2)12(16)15-11-6-5-9(7-10(11)13)19(14,17)18/h5-8H,3-4H2,1-2H3,(H,15,16)(H2,14,17,18). The first-order chi connectivity index (χ1) is 8.75. The van der Waals surface area contributed by atoms with Gasteiger partial charge in [-0.15, -0.1) is 0 Å². The number of anilines is 1. The minimum absolute atomic E-state index is 0.0552. The van der Waals surface area contributed by atoms with Crippen LogP contribution in [-0.2, 0) is 14.8 Å². The second-order valence-corrected chi connectivity index (χ2v) is 5.93. The summed E-state index contributed by atoms with van der Waals surface area (Å²) in [7, 11) is -3.95. The van der Waals surface area contributed by atoms with E-state index < -0.39 is 15.8 Å². The zero-order valence-electron chi connectivity index (χ0n) is 10.8. The van der Waals surface area contributed by atoms with E-state index in [2.05, 4.69) is 5.32 Å². The molecule has 1 atom stereocenters. The van der Waals surface area contributed by atoms with Crippen molar-refractivity contribution in [2.24, 2.45) is 11.1 Å². The summed E-state index contributed by atoms with van der Waals surface area (Å²) in [5.74, 6) is -1.37. The Bertz CT molecular complexity index is 572. The molecule has 0 radical (unpaired) electrons. The quantitative estimate of drug-likeness (QED) is 0.866. The topological polar surface area (TPSA) is 89.3 Å². The number of benzene rings is 1. The fraction of sp³-hybridized carbons (Fsp3) is 0.417. The van der Waals surface area contributed by atoms with Gasteiger partial charge in [-0.2, -0.15) is 0 Å². The van der Waals surface area contributed by atoms with E-state index in [4.69, 9.17) is 5.14 Å². The van der Waals surface area contributed by atoms with Crippen molar-refractivity contribution in [1.29, 1.82) is 0 Å². The number of hydrogen-bond acceptors (Lipinski definition) is 3. The SMILES string of the molecule is CCCC(C)C(=O)Nc1ccc(S(N)(=O)=O)cc1F. The van der Waals surface area contributed by atoms with Gasteiger partial charge in [-0.3, -0.25) is 4.79 Å². The number of rotatable bonds is 5. The van der Waals surface area contributed by atoms with E-state index in [1.807, 2.05) is 6.92 Å². The number of amides is 1. The molecule has 0 heterocycles. The van der Waals surface area contributed by atoms with Gasteiger partial charge in [0.1, 0.15) is 5.82 Å². The number of carbonyl (C=O) groups excluding carboxylic acids is 1. The predicted octanol–water partition coefficient (Wildman–Crippen LogP) is 1.85. The van der Waals surface area contributed by atoms with Crippen molar-refractivity contribution in [2.75, 3.05) is 5.32 Å². The number of halogens is 1. The molecule has 0 bridgehead atoms. The van der Waals surface area contributed by atoms with Gasteiger partial charge in [0.2, 0.25) is 15.9 Å². The highest BCUT2D eigenvalue weighted by atomic mass is 32.2. The lowest BCUT2D eigenvalue weighted by Crippen LogP contribution is -2.21. The maximum absolute atomic E-state index is 13.7. The Morgan fingerprint density at radius 3 is 2.58 bits per heavy atom. The number of sulfonamides is 1. The molecule has 1 aromatic carbocycles. The van der Waals surface area contributed by atoms with E-state index in [-0.39, 0.29) is 22.4 Å². The summed E-state index contributed by atoms with van der Waals surface area (Å²) in [4.78, 5) is 11.4. The van der Waals surface area contributed by atoms with E-state index >= 15 is 0 Å². The number of nitrogens with two attached hydrogens (primary N) is 1. The van der Waals surface area contributed by atoms with Crippen molar-refractivity contribution in [2.45, 2.75) is 31.6 Å². The van der Waals surface area contributed by atoms with Crippen LogP contribution in [0.15, 0.2) is 23.1 Å². The normalized spacial score (nSPS) is 13.1. The van der Waals surface area contributed by atoms with Crippen LogP contribution in [0.1, 0.15) is 26.7 Å². The van der Waals surface area contributed by atoms with E-state index in [9.17, 15) is 17.6 Å². The van der Waals surface area contributed by atoms with Crippen LogP contribution in [0.4, 0.5) is 10.1 Å². The first-order valence-electron chi connectivity index (χ1n) is 5.89. The van der Waals surface area contributed by atoms with Crippen LogP contribution in [0.25, 0.3) is 0 Å². The van der Waals surface area contributed by atoms with Crippen molar-refractivity contribution in [3.8, 4) is 0 Å². The lowest BCUT2D eigenvalue weighted by atomic mass is 10.1. The van der Waals surface area contributed by atoms with Crippen molar-refractivity contribution >= 4 is 21.6 Å². The Morgan fingerprint density at radius 1 is 1.47 bits per heavy atom. The molecule has 5 nitrogen and oxygen atoms in total. The molecular weight excluding hydrogens is 271 g/mol. The van der Waals surface area contributed by atoms with Gasteiger partial charge < -0.3 is 5.32 Å². The summed E-state index contributed by atoms with van der Waals surface area (Å²) in [5.41, 5.74) is -0.0552. The van der Waals surface area contributed by atoms with Gasteiger partial charge in [0.25, 0.3) is 0 Å². The smallest absolute Gasteiger partial charge is 0.238 e. The minimum atomic E-state index is -3.95. The lowest BCUT2D eigenvalue weighted by Gasteiger charge is -2.12. The first-order valence-corrected chi connectivity index (χ1v) is 7.43. The summed E-state index contributed by atoms with van der Waals surface area (Å²) >= 11 is 0. The van der Waals surface area contributed by atoms with Crippen LogP contribution >= 0.6 is 0 Å². The van der Waals surface area contributed by atoms with Gasteiger partial charge in [-0.25, -0.2) is 17.9 Å². The molecule has 1 amide bonds.